The molecule has 0 amide bonds. The van der Waals surface area contributed by atoms with Gasteiger partial charge in [-0.1, -0.05) is 18.2 Å². The summed E-state index contributed by atoms with van der Waals surface area (Å²) in [6.07, 6.45) is 5.32. The third kappa shape index (κ3) is 2.68. The Labute approximate surface area is 178 Å². The number of nitrogens with zero attached hydrogens (tertiary/aromatic N) is 3. The first kappa shape index (κ1) is 18.9. The molecular formula is C24H24F2N4O. The van der Waals surface area contributed by atoms with Crippen molar-refractivity contribution in [1.29, 1.82) is 0 Å². The number of rotatable bonds is 4. The number of nitrogens with one attached hydrogen (secondary N) is 1. The van der Waals surface area contributed by atoms with Gasteiger partial charge in [0.15, 0.2) is 0 Å². The van der Waals surface area contributed by atoms with E-state index in [0.717, 1.165) is 41.7 Å². The highest BCUT2D eigenvalue weighted by atomic mass is 19.3. The number of anilines is 1. The van der Waals surface area contributed by atoms with E-state index in [2.05, 4.69) is 15.3 Å². The van der Waals surface area contributed by atoms with Crippen molar-refractivity contribution in [1.82, 2.24) is 14.5 Å². The largest absolute Gasteiger partial charge is 0.363 e. The van der Waals surface area contributed by atoms with E-state index < -0.39 is 5.92 Å². The minimum Gasteiger partial charge on any atom is -0.363 e. The SMILES string of the molecule is Cc1nc(N[C@H](C)c2cccc3c2CCC3(F)F)c2cn(C34CC(C3)C4)c(=O)cc2n1. The van der Waals surface area contributed by atoms with Crippen molar-refractivity contribution in [2.75, 3.05) is 5.32 Å². The lowest BCUT2D eigenvalue weighted by Crippen LogP contribution is -2.61. The number of hydrogen-bond donors (Lipinski definition) is 1. The number of halogens is 2. The fourth-order valence-electron chi connectivity index (χ4n) is 5.76. The molecule has 4 aliphatic rings. The molecule has 2 bridgehead atoms. The Kier molecular flexibility index (Phi) is 3.73. The van der Waals surface area contributed by atoms with Crippen LogP contribution in [0.3, 0.4) is 0 Å². The molecule has 1 N–H and O–H groups in total. The fraction of sp³-hybridized carbons (Fsp3) is 0.458. The summed E-state index contributed by atoms with van der Waals surface area (Å²) in [4.78, 5) is 21.8. The van der Waals surface area contributed by atoms with Crippen LogP contribution in [0, 0.1) is 12.8 Å². The molecule has 0 unspecified atom stereocenters. The van der Waals surface area contributed by atoms with Gasteiger partial charge in [-0.15, -0.1) is 0 Å². The van der Waals surface area contributed by atoms with Crippen LogP contribution >= 0.6 is 0 Å². The van der Waals surface area contributed by atoms with Gasteiger partial charge in [0.1, 0.15) is 11.6 Å². The van der Waals surface area contributed by atoms with Crippen molar-refractivity contribution in [2.24, 2.45) is 5.92 Å². The normalized spacial score (nSPS) is 26.1. The van der Waals surface area contributed by atoms with Crippen LogP contribution in [0.1, 0.15) is 61.2 Å². The van der Waals surface area contributed by atoms with E-state index in [1.54, 1.807) is 19.1 Å². The number of benzene rings is 1. The Morgan fingerprint density at radius 3 is 2.71 bits per heavy atom. The molecule has 0 radical (unpaired) electrons. The van der Waals surface area contributed by atoms with Crippen LogP contribution in [0.5, 0.6) is 0 Å². The van der Waals surface area contributed by atoms with E-state index in [-0.39, 0.29) is 29.1 Å². The van der Waals surface area contributed by atoms with Crippen LogP contribution in [-0.2, 0) is 17.9 Å². The lowest BCUT2D eigenvalue weighted by atomic mass is 9.49. The molecule has 4 aliphatic carbocycles. The van der Waals surface area contributed by atoms with Gasteiger partial charge in [-0.2, -0.15) is 0 Å². The summed E-state index contributed by atoms with van der Waals surface area (Å²) in [6, 6.07) is 6.53. The minimum absolute atomic E-state index is 0.0224. The van der Waals surface area contributed by atoms with Crippen molar-refractivity contribution < 1.29 is 8.78 Å². The summed E-state index contributed by atoms with van der Waals surface area (Å²) in [5.41, 5.74) is 2.29. The van der Waals surface area contributed by atoms with Crippen molar-refractivity contribution in [3.63, 3.8) is 0 Å². The topological polar surface area (TPSA) is 59.8 Å². The number of pyridine rings is 1. The Balaban J connectivity index is 1.42. The molecule has 5 nitrogen and oxygen atoms in total. The Morgan fingerprint density at radius 1 is 1.23 bits per heavy atom. The zero-order chi connectivity index (χ0) is 21.5. The second-order valence-corrected chi connectivity index (χ2v) is 9.55. The van der Waals surface area contributed by atoms with E-state index in [0.29, 0.717) is 23.6 Å². The van der Waals surface area contributed by atoms with E-state index >= 15 is 0 Å². The van der Waals surface area contributed by atoms with Gasteiger partial charge in [-0.3, -0.25) is 4.79 Å². The predicted molar refractivity (Wildman–Crippen MR) is 115 cm³/mol. The van der Waals surface area contributed by atoms with E-state index in [9.17, 15) is 13.6 Å². The smallest absolute Gasteiger partial charge is 0.273 e. The first-order valence-corrected chi connectivity index (χ1v) is 10.9. The van der Waals surface area contributed by atoms with Gasteiger partial charge < -0.3 is 9.88 Å². The van der Waals surface area contributed by atoms with Gasteiger partial charge in [0, 0.05) is 29.8 Å². The van der Waals surface area contributed by atoms with E-state index in [4.69, 9.17) is 0 Å². The number of hydrogen-bond acceptors (Lipinski definition) is 4. The van der Waals surface area contributed by atoms with Crippen molar-refractivity contribution in [2.45, 2.75) is 63.5 Å². The summed E-state index contributed by atoms with van der Waals surface area (Å²) in [7, 11) is 0. The zero-order valence-electron chi connectivity index (χ0n) is 17.6. The molecule has 0 spiro atoms. The fourth-order valence-corrected chi connectivity index (χ4v) is 5.76. The van der Waals surface area contributed by atoms with Crippen LogP contribution in [0.2, 0.25) is 0 Å². The number of aryl methyl sites for hydroxylation is 1. The molecule has 2 heterocycles. The van der Waals surface area contributed by atoms with Gasteiger partial charge in [-0.05, 0) is 56.6 Å². The summed E-state index contributed by atoms with van der Waals surface area (Å²) in [5.74, 6) is -0.803. The highest BCUT2D eigenvalue weighted by Crippen LogP contribution is 2.61. The van der Waals surface area contributed by atoms with Gasteiger partial charge in [0.05, 0.1) is 16.9 Å². The van der Waals surface area contributed by atoms with Gasteiger partial charge in [0.25, 0.3) is 11.5 Å². The van der Waals surface area contributed by atoms with Crippen LogP contribution in [0.25, 0.3) is 10.9 Å². The first-order valence-electron chi connectivity index (χ1n) is 10.9. The van der Waals surface area contributed by atoms with Crippen molar-refractivity contribution >= 4 is 16.7 Å². The van der Waals surface area contributed by atoms with Crippen molar-refractivity contribution in [3.8, 4) is 0 Å². The number of alkyl halides is 2. The minimum atomic E-state index is -2.76. The maximum Gasteiger partial charge on any atom is 0.273 e. The Morgan fingerprint density at radius 2 is 2.00 bits per heavy atom. The number of aromatic nitrogens is 3. The lowest BCUT2D eigenvalue weighted by Gasteiger charge is -2.62. The average molecular weight is 422 g/mol. The molecule has 1 atom stereocenters. The molecule has 3 aromatic rings. The second-order valence-electron chi connectivity index (χ2n) is 9.55. The molecule has 3 fully saturated rings. The maximum atomic E-state index is 14.2. The van der Waals surface area contributed by atoms with Crippen molar-refractivity contribution in [3.05, 3.63) is 63.3 Å². The summed E-state index contributed by atoms with van der Waals surface area (Å²) in [6.45, 7) is 3.76. The first-order chi connectivity index (χ1) is 14.8. The van der Waals surface area contributed by atoms with Gasteiger partial charge in [0.2, 0.25) is 0 Å². The van der Waals surface area contributed by atoms with Crippen LogP contribution in [0.15, 0.2) is 35.3 Å². The summed E-state index contributed by atoms with van der Waals surface area (Å²) < 4.78 is 30.3. The Hall–Kier alpha value is -2.83. The lowest BCUT2D eigenvalue weighted by molar-refractivity contribution is -0.0911. The molecule has 31 heavy (non-hydrogen) atoms. The third-order valence-corrected chi connectivity index (χ3v) is 7.47. The molecule has 7 heteroatoms. The van der Waals surface area contributed by atoms with E-state index in [1.807, 2.05) is 23.8 Å². The van der Waals surface area contributed by atoms with Crippen LogP contribution < -0.4 is 10.9 Å². The van der Waals surface area contributed by atoms with Gasteiger partial charge in [-0.25, -0.2) is 18.7 Å². The molecule has 0 aliphatic heterocycles. The Bertz CT molecular complexity index is 1280. The molecule has 2 aromatic heterocycles. The highest BCUT2D eigenvalue weighted by molar-refractivity contribution is 5.88. The molecule has 3 saturated carbocycles. The summed E-state index contributed by atoms with van der Waals surface area (Å²) >= 11 is 0. The monoisotopic (exact) mass is 422 g/mol. The summed E-state index contributed by atoms with van der Waals surface area (Å²) in [5, 5.41) is 4.23. The maximum absolute atomic E-state index is 14.2. The second kappa shape index (κ2) is 6.11. The van der Waals surface area contributed by atoms with E-state index in [1.165, 1.54) is 6.07 Å². The van der Waals surface area contributed by atoms with Gasteiger partial charge >= 0.3 is 0 Å². The molecular weight excluding hydrogens is 398 g/mol. The highest BCUT2D eigenvalue weighted by Gasteiger charge is 2.58. The quantitative estimate of drug-likeness (QED) is 0.655. The number of fused-ring (bicyclic) bond motifs is 2. The zero-order valence-corrected chi connectivity index (χ0v) is 17.6. The average Bonchev–Trinajstić information content (AvgIpc) is 2.95. The molecule has 160 valence electrons. The molecule has 0 saturated heterocycles. The third-order valence-electron chi connectivity index (χ3n) is 7.47. The predicted octanol–water partition coefficient (Wildman–Crippen LogP) is 4.82. The molecule has 7 rings (SSSR count). The van der Waals surface area contributed by atoms with Crippen LogP contribution in [0.4, 0.5) is 14.6 Å². The van der Waals surface area contributed by atoms with Crippen LogP contribution in [-0.4, -0.2) is 14.5 Å². The molecule has 1 aromatic carbocycles. The standard InChI is InChI=1S/C24H24F2N4O/c1-13(16-4-3-5-19-17(16)6-7-24(19,25)26)27-22-18-12-30(23-9-15(10-23)11-23)21(31)8-20(18)28-14(2)29-22/h3-5,8,12-13,15H,6-7,9-11H2,1-2H3,(H,27,28,29)/t13-,15?,23?/m1/s1.